The highest BCUT2D eigenvalue weighted by Crippen LogP contribution is 2.22. The summed E-state index contributed by atoms with van der Waals surface area (Å²) < 4.78 is 0. The van der Waals surface area contributed by atoms with Crippen LogP contribution in [0.15, 0.2) is 36.5 Å². The number of benzene rings is 1. The first-order chi connectivity index (χ1) is 8.22. The first-order valence-electron chi connectivity index (χ1n) is 6.25. The molecule has 0 aliphatic rings. The smallest absolute Gasteiger partial charge is 0.0704 e. The maximum atomic E-state index is 5.73. The van der Waals surface area contributed by atoms with Crippen molar-refractivity contribution in [1.82, 2.24) is 4.98 Å². The zero-order valence-corrected chi connectivity index (χ0v) is 10.6. The Morgan fingerprint density at radius 3 is 2.65 bits per heavy atom. The van der Waals surface area contributed by atoms with Gasteiger partial charge in [-0.25, -0.2) is 0 Å². The molecular formula is C15H20N2. The molecule has 2 unspecified atom stereocenters. The molecule has 0 bridgehead atoms. The van der Waals surface area contributed by atoms with Crippen LogP contribution in [0, 0.1) is 11.8 Å². The molecule has 0 fully saturated rings. The Balaban J connectivity index is 2.30. The van der Waals surface area contributed by atoms with E-state index in [2.05, 4.69) is 43.1 Å². The summed E-state index contributed by atoms with van der Waals surface area (Å²) in [6, 6.07) is 10.4. The molecule has 2 atom stereocenters. The fourth-order valence-corrected chi connectivity index (χ4v) is 2.11. The third-order valence-electron chi connectivity index (χ3n) is 3.62. The maximum absolute atomic E-state index is 5.73. The Morgan fingerprint density at radius 1 is 1.12 bits per heavy atom. The van der Waals surface area contributed by atoms with Gasteiger partial charge in [-0.3, -0.25) is 4.98 Å². The summed E-state index contributed by atoms with van der Waals surface area (Å²) in [5, 5.41) is 1.27. The highest BCUT2D eigenvalue weighted by atomic mass is 14.6. The number of fused-ring (bicyclic) bond motifs is 1. The van der Waals surface area contributed by atoms with E-state index in [-0.39, 0.29) is 0 Å². The van der Waals surface area contributed by atoms with E-state index in [9.17, 15) is 0 Å². The average Bonchev–Trinajstić information content (AvgIpc) is 2.38. The molecule has 1 aromatic heterocycles. The summed E-state index contributed by atoms with van der Waals surface area (Å²) in [6.07, 6.45) is 2.97. The number of para-hydroxylation sites is 1. The van der Waals surface area contributed by atoms with Crippen molar-refractivity contribution in [2.75, 3.05) is 6.54 Å². The van der Waals surface area contributed by atoms with Gasteiger partial charge in [-0.1, -0.05) is 32.0 Å². The Bertz CT molecular complexity index is 488. The second-order valence-corrected chi connectivity index (χ2v) is 4.88. The molecule has 0 saturated heterocycles. The van der Waals surface area contributed by atoms with Gasteiger partial charge in [0, 0.05) is 11.6 Å². The quantitative estimate of drug-likeness (QED) is 0.873. The van der Waals surface area contributed by atoms with Crippen LogP contribution in [0.25, 0.3) is 10.9 Å². The lowest BCUT2D eigenvalue weighted by molar-refractivity contribution is 0.395. The van der Waals surface area contributed by atoms with Crippen LogP contribution in [0.1, 0.15) is 19.4 Å². The van der Waals surface area contributed by atoms with Crippen LogP contribution in [0.4, 0.5) is 0 Å². The van der Waals surface area contributed by atoms with E-state index < -0.39 is 0 Å². The molecule has 2 nitrogen and oxygen atoms in total. The van der Waals surface area contributed by atoms with Gasteiger partial charge in [0.2, 0.25) is 0 Å². The molecule has 0 saturated carbocycles. The molecule has 2 N–H and O–H groups in total. The summed E-state index contributed by atoms with van der Waals surface area (Å²) in [6.45, 7) is 5.24. The lowest BCUT2D eigenvalue weighted by atomic mass is 9.89. The highest BCUT2D eigenvalue weighted by Gasteiger charge is 2.12. The summed E-state index contributed by atoms with van der Waals surface area (Å²) in [7, 11) is 0. The molecule has 0 spiro atoms. The zero-order chi connectivity index (χ0) is 12.3. The normalized spacial score (nSPS) is 14.8. The van der Waals surface area contributed by atoms with E-state index >= 15 is 0 Å². The molecule has 0 aliphatic heterocycles. The molecule has 0 amide bonds. The fourth-order valence-electron chi connectivity index (χ4n) is 2.11. The summed E-state index contributed by atoms with van der Waals surface area (Å²) in [5.41, 5.74) is 8.19. The summed E-state index contributed by atoms with van der Waals surface area (Å²) in [4.78, 5) is 4.39. The zero-order valence-electron chi connectivity index (χ0n) is 10.6. The van der Waals surface area contributed by atoms with Gasteiger partial charge >= 0.3 is 0 Å². The standard InChI is InChI=1S/C15H20N2/c1-11(12(2)10-16)9-13-7-8-17-15-6-4-3-5-14(13)15/h3-8,11-12H,9-10,16H2,1-2H3. The number of nitrogens with zero attached hydrogens (tertiary/aromatic N) is 1. The number of pyridine rings is 1. The van der Waals surface area contributed by atoms with Crippen LogP contribution in [-0.4, -0.2) is 11.5 Å². The molecule has 90 valence electrons. The van der Waals surface area contributed by atoms with E-state index in [0.29, 0.717) is 11.8 Å². The van der Waals surface area contributed by atoms with Crippen molar-refractivity contribution < 1.29 is 0 Å². The van der Waals surface area contributed by atoms with Gasteiger partial charge in [0.05, 0.1) is 5.52 Å². The third-order valence-corrected chi connectivity index (χ3v) is 3.62. The molecule has 1 aromatic carbocycles. The van der Waals surface area contributed by atoms with E-state index in [0.717, 1.165) is 18.5 Å². The van der Waals surface area contributed by atoms with Crippen molar-refractivity contribution in [3.8, 4) is 0 Å². The van der Waals surface area contributed by atoms with Gasteiger partial charge in [-0.2, -0.15) is 0 Å². The van der Waals surface area contributed by atoms with Crippen LogP contribution >= 0.6 is 0 Å². The van der Waals surface area contributed by atoms with Gasteiger partial charge in [0.25, 0.3) is 0 Å². The van der Waals surface area contributed by atoms with Gasteiger partial charge in [-0.05, 0) is 42.5 Å². The van der Waals surface area contributed by atoms with Crippen molar-refractivity contribution in [2.45, 2.75) is 20.3 Å². The van der Waals surface area contributed by atoms with E-state index in [1.807, 2.05) is 12.3 Å². The number of hydrogen-bond acceptors (Lipinski definition) is 2. The SMILES string of the molecule is CC(CN)C(C)Cc1ccnc2ccccc12. The van der Waals surface area contributed by atoms with Gasteiger partial charge in [-0.15, -0.1) is 0 Å². The van der Waals surface area contributed by atoms with Crippen LogP contribution in [0.3, 0.4) is 0 Å². The molecule has 17 heavy (non-hydrogen) atoms. The average molecular weight is 228 g/mol. The first-order valence-corrected chi connectivity index (χ1v) is 6.25. The molecule has 2 aromatic rings. The molecule has 0 aliphatic carbocycles. The van der Waals surface area contributed by atoms with Crippen molar-refractivity contribution in [2.24, 2.45) is 17.6 Å². The first kappa shape index (κ1) is 12.1. The minimum absolute atomic E-state index is 0.557. The minimum atomic E-state index is 0.557. The lowest BCUT2D eigenvalue weighted by Gasteiger charge is -2.18. The topological polar surface area (TPSA) is 38.9 Å². The maximum Gasteiger partial charge on any atom is 0.0704 e. The van der Waals surface area contributed by atoms with E-state index in [1.165, 1.54) is 10.9 Å². The molecule has 2 heteroatoms. The van der Waals surface area contributed by atoms with Crippen LogP contribution in [0.5, 0.6) is 0 Å². The second kappa shape index (κ2) is 5.28. The van der Waals surface area contributed by atoms with Crippen molar-refractivity contribution in [3.05, 3.63) is 42.1 Å². The third kappa shape index (κ3) is 2.64. The highest BCUT2D eigenvalue weighted by molar-refractivity contribution is 5.81. The fraction of sp³-hybridized carbons (Fsp3) is 0.400. The van der Waals surface area contributed by atoms with Gasteiger partial charge in [0.1, 0.15) is 0 Å². The Kier molecular flexibility index (Phi) is 3.75. The summed E-state index contributed by atoms with van der Waals surface area (Å²) >= 11 is 0. The van der Waals surface area contributed by atoms with Crippen molar-refractivity contribution in [3.63, 3.8) is 0 Å². The van der Waals surface area contributed by atoms with E-state index in [1.54, 1.807) is 0 Å². The lowest BCUT2D eigenvalue weighted by Crippen LogP contribution is -2.20. The predicted octanol–water partition coefficient (Wildman–Crippen LogP) is 3.01. The van der Waals surface area contributed by atoms with Gasteiger partial charge in [0.15, 0.2) is 0 Å². The minimum Gasteiger partial charge on any atom is -0.330 e. The number of nitrogens with two attached hydrogens (primary N) is 1. The Labute approximate surface area is 103 Å². The largest absolute Gasteiger partial charge is 0.330 e. The molecular weight excluding hydrogens is 208 g/mol. The second-order valence-electron chi connectivity index (χ2n) is 4.88. The van der Waals surface area contributed by atoms with Crippen molar-refractivity contribution >= 4 is 10.9 Å². The Hall–Kier alpha value is -1.41. The van der Waals surface area contributed by atoms with Crippen molar-refractivity contribution in [1.29, 1.82) is 0 Å². The number of rotatable bonds is 4. The number of hydrogen-bond donors (Lipinski definition) is 1. The molecule has 0 radical (unpaired) electrons. The number of aromatic nitrogens is 1. The molecule has 1 heterocycles. The van der Waals surface area contributed by atoms with Crippen LogP contribution < -0.4 is 5.73 Å². The molecule has 2 rings (SSSR count). The van der Waals surface area contributed by atoms with Gasteiger partial charge < -0.3 is 5.73 Å². The monoisotopic (exact) mass is 228 g/mol. The Morgan fingerprint density at radius 2 is 1.88 bits per heavy atom. The van der Waals surface area contributed by atoms with E-state index in [4.69, 9.17) is 5.73 Å². The van der Waals surface area contributed by atoms with Crippen LogP contribution in [0.2, 0.25) is 0 Å². The summed E-state index contributed by atoms with van der Waals surface area (Å²) in [5.74, 6) is 1.16. The predicted molar refractivity (Wildman–Crippen MR) is 72.8 cm³/mol. The van der Waals surface area contributed by atoms with Crippen LogP contribution in [-0.2, 0) is 6.42 Å².